The standard InChI is InChI=1S/C25H33F2N3O2/c1-3-32-18-21-6-4-19(5-7-21)15-28-25(31)30(16-20-10-12-29(2)13-11-20)17-22-8-9-23(26)14-24(22)27/h4-9,14,20H,3,10-13,15-18H2,1-2H3,(H,28,31). The molecule has 174 valence electrons. The van der Waals surface area contributed by atoms with Gasteiger partial charge in [-0.25, -0.2) is 13.6 Å². The third-order valence-electron chi connectivity index (χ3n) is 5.92. The molecule has 1 fully saturated rings. The number of nitrogens with one attached hydrogen (secondary N) is 1. The second-order valence-corrected chi connectivity index (χ2v) is 8.48. The van der Waals surface area contributed by atoms with Gasteiger partial charge in [0.15, 0.2) is 0 Å². The van der Waals surface area contributed by atoms with E-state index in [-0.39, 0.29) is 12.6 Å². The minimum Gasteiger partial charge on any atom is -0.377 e. The van der Waals surface area contributed by atoms with Gasteiger partial charge < -0.3 is 19.9 Å². The summed E-state index contributed by atoms with van der Waals surface area (Å²) < 4.78 is 33.0. The Morgan fingerprint density at radius 2 is 1.81 bits per heavy atom. The highest BCUT2D eigenvalue weighted by molar-refractivity contribution is 5.74. The van der Waals surface area contributed by atoms with Gasteiger partial charge in [-0.1, -0.05) is 30.3 Å². The van der Waals surface area contributed by atoms with Crippen molar-refractivity contribution in [1.29, 1.82) is 0 Å². The van der Waals surface area contributed by atoms with Crippen molar-refractivity contribution in [2.45, 2.75) is 39.5 Å². The largest absolute Gasteiger partial charge is 0.377 e. The molecule has 1 aliphatic heterocycles. The number of hydrogen-bond acceptors (Lipinski definition) is 3. The van der Waals surface area contributed by atoms with Crippen LogP contribution >= 0.6 is 0 Å². The SMILES string of the molecule is CCOCc1ccc(CNC(=O)N(Cc2ccc(F)cc2F)CC2CCN(C)CC2)cc1. The molecule has 5 nitrogen and oxygen atoms in total. The molecule has 3 rings (SSSR count). The molecule has 1 saturated heterocycles. The van der Waals surface area contributed by atoms with E-state index in [0.29, 0.717) is 37.8 Å². The Morgan fingerprint density at radius 1 is 1.12 bits per heavy atom. The zero-order valence-corrected chi connectivity index (χ0v) is 18.9. The fourth-order valence-corrected chi connectivity index (χ4v) is 3.89. The smallest absolute Gasteiger partial charge is 0.317 e. The summed E-state index contributed by atoms with van der Waals surface area (Å²) in [7, 11) is 2.09. The molecule has 0 atom stereocenters. The third kappa shape index (κ3) is 7.28. The van der Waals surface area contributed by atoms with Gasteiger partial charge in [-0.05, 0) is 63.0 Å². The van der Waals surface area contributed by atoms with Crippen LogP contribution in [-0.2, 0) is 24.4 Å². The van der Waals surface area contributed by atoms with Crippen molar-refractivity contribution < 1.29 is 18.3 Å². The molecule has 2 aromatic carbocycles. The Morgan fingerprint density at radius 3 is 2.47 bits per heavy atom. The average molecular weight is 446 g/mol. The topological polar surface area (TPSA) is 44.8 Å². The first-order valence-corrected chi connectivity index (χ1v) is 11.3. The van der Waals surface area contributed by atoms with Gasteiger partial charge in [0, 0.05) is 31.3 Å². The highest BCUT2D eigenvalue weighted by atomic mass is 19.1. The molecule has 1 aliphatic rings. The van der Waals surface area contributed by atoms with Crippen molar-refractivity contribution in [1.82, 2.24) is 15.1 Å². The van der Waals surface area contributed by atoms with Crippen LogP contribution in [0.3, 0.4) is 0 Å². The first kappa shape index (κ1) is 24.1. The fraction of sp³-hybridized carbons (Fsp3) is 0.480. The van der Waals surface area contributed by atoms with Gasteiger partial charge in [-0.2, -0.15) is 0 Å². The molecule has 1 N–H and O–H groups in total. The van der Waals surface area contributed by atoms with Crippen LogP contribution in [0.5, 0.6) is 0 Å². The summed E-state index contributed by atoms with van der Waals surface area (Å²) in [5, 5.41) is 2.96. The maximum absolute atomic E-state index is 14.3. The number of carbonyl (C=O) groups is 1. The molecule has 0 saturated carbocycles. The predicted molar refractivity (Wildman–Crippen MR) is 121 cm³/mol. The fourth-order valence-electron chi connectivity index (χ4n) is 3.89. The van der Waals surface area contributed by atoms with E-state index in [1.807, 2.05) is 31.2 Å². The second-order valence-electron chi connectivity index (χ2n) is 8.48. The molecule has 0 radical (unpaired) electrons. The zero-order valence-electron chi connectivity index (χ0n) is 18.9. The van der Waals surface area contributed by atoms with Gasteiger partial charge in [0.2, 0.25) is 0 Å². The van der Waals surface area contributed by atoms with Crippen LogP contribution in [0.1, 0.15) is 36.5 Å². The van der Waals surface area contributed by atoms with Crippen molar-refractivity contribution in [2.24, 2.45) is 5.92 Å². The van der Waals surface area contributed by atoms with Crippen LogP contribution in [0.15, 0.2) is 42.5 Å². The van der Waals surface area contributed by atoms with Crippen LogP contribution < -0.4 is 5.32 Å². The van der Waals surface area contributed by atoms with Crippen LogP contribution in [-0.4, -0.2) is 49.1 Å². The molecule has 0 spiro atoms. The first-order valence-electron chi connectivity index (χ1n) is 11.3. The Labute approximate surface area is 189 Å². The summed E-state index contributed by atoms with van der Waals surface area (Å²) in [6, 6.07) is 11.2. The van der Waals surface area contributed by atoms with E-state index in [1.54, 1.807) is 4.90 Å². The van der Waals surface area contributed by atoms with Gasteiger partial charge in [-0.3, -0.25) is 0 Å². The van der Waals surface area contributed by atoms with E-state index in [2.05, 4.69) is 17.3 Å². The summed E-state index contributed by atoms with van der Waals surface area (Å²) in [4.78, 5) is 17.0. The van der Waals surface area contributed by atoms with Gasteiger partial charge in [-0.15, -0.1) is 0 Å². The van der Waals surface area contributed by atoms with Crippen LogP contribution in [0, 0.1) is 17.6 Å². The summed E-state index contributed by atoms with van der Waals surface area (Å²) in [5.41, 5.74) is 2.37. The molecule has 32 heavy (non-hydrogen) atoms. The molecule has 2 amide bonds. The Hall–Kier alpha value is -2.51. The number of amides is 2. The highest BCUT2D eigenvalue weighted by Crippen LogP contribution is 2.20. The minimum absolute atomic E-state index is 0.109. The van der Waals surface area contributed by atoms with Crippen LogP contribution in [0.2, 0.25) is 0 Å². The van der Waals surface area contributed by atoms with E-state index in [4.69, 9.17) is 4.74 Å². The normalized spacial score (nSPS) is 15.0. The van der Waals surface area contributed by atoms with E-state index in [9.17, 15) is 13.6 Å². The van der Waals surface area contributed by atoms with Crippen molar-refractivity contribution in [2.75, 3.05) is 33.3 Å². The summed E-state index contributed by atoms with van der Waals surface area (Å²) in [6.07, 6.45) is 1.99. The number of likely N-dealkylation sites (tertiary alicyclic amines) is 1. The van der Waals surface area contributed by atoms with Crippen molar-refractivity contribution in [3.05, 3.63) is 70.8 Å². The monoisotopic (exact) mass is 445 g/mol. The number of urea groups is 1. The predicted octanol–water partition coefficient (Wildman–Crippen LogP) is 4.55. The van der Waals surface area contributed by atoms with Crippen molar-refractivity contribution in [3.63, 3.8) is 0 Å². The number of ether oxygens (including phenoxy) is 1. The number of halogens is 2. The number of benzene rings is 2. The van der Waals surface area contributed by atoms with E-state index < -0.39 is 11.6 Å². The quantitative estimate of drug-likeness (QED) is 0.616. The molecule has 0 aliphatic carbocycles. The highest BCUT2D eigenvalue weighted by Gasteiger charge is 2.23. The number of carbonyl (C=O) groups excluding carboxylic acids is 1. The molecular formula is C25H33F2N3O2. The van der Waals surface area contributed by atoms with Crippen LogP contribution in [0.4, 0.5) is 13.6 Å². The van der Waals surface area contributed by atoms with Gasteiger partial charge in [0.05, 0.1) is 13.2 Å². The summed E-state index contributed by atoms with van der Waals surface area (Å²) in [5.74, 6) is -0.889. The van der Waals surface area contributed by atoms with Gasteiger partial charge >= 0.3 is 6.03 Å². The second kappa shape index (κ2) is 11.9. The summed E-state index contributed by atoms with van der Waals surface area (Å²) >= 11 is 0. The maximum Gasteiger partial charge on any atom is 0.317 e. The van der Waals surface area contributed by atoms with Crippen LogP contribution in [0.25, 0.3) is 0 Å². The number of hydrogen-bond donors (Lipinski definition) is 1. The van der Waals surface area contributed by atoms with Crippen molar-refractivity contribution >= 4 is 6.03 Å². The van der Waals surface area contributed by atoms with E-state index in [0.717, 1.165) is 43.1 Å². The number of rotatable bonds is 9. The minimum atomic E-state index is -0.629. The maximum atomic E-state index is 14.3. The lowest BCUT2D eigenvalue weighted by atomic mass is 9.96. The van der Waals surface area contributed by atoms with Crippen molar-refractivity contribution in [3.8, 4) is 0 Å². The average Bonchev–Trinajstić information content (AvgIpc) is 2.79. The Kier molecular flexibility index (Phi) is 9.00. The lowest BCUT2D eigenvalue weighted by Crippen LogP contribution is -2.44. The molecular weight excluding hydrogens is 412 g/mol. The number of piperidine rings is 1. The first-order chi connectivity index (χ1) is 15.4. The molecule has 0 aromatic heterocycles. The molecule has 0 unspecified atom stereocenters. The molecule has 0 bridgehead atoms. The Balaban J connectivity index is 1.63. The lowest BCUT2D eigenvalue weighted by molar-refractivity contribution is 0.134. The van der Waals surface area contributed by atoms with E-state index >= 15 is 0 Å². The Bertz CT molecular complexity index is 868. The molecule has 7 heteroatoms. The molecule has 2 aromatic rings. The van der Waals surface area contributed by atoms with Gasteiger partial charge in [0.25, 0.3) is 0 Å². The third-order valence-corrected chi connectivity index (χ3v) is 5.92. The van der Waals surface area contributed by atoms with E-state index in [1.165, 1.54) is 12.1 Å². The lowest BCUT2D eigenvalue weighted by Gasteiger charge is -2.33. The number of nitrogens with zero attached hydrogens (tertiary/aromatic N) is 2. The summed E-state index contributed by atoms with van der Waals surface area (Å²) in [6.45, 7) is 6.19. The molecule has 1 heterocycles. The zero-order chi connectivity index (χ0) is 22.9. The van der Waals surface area contributed by atoms with Gasteiger partial charge in [0.1, 0.15) is 11.6 Å².